The first-order valence-corrected chi connectivity index (χ1v) is 12.8. The molecule has 1 amide bonds. The molecule has 35 heavy (non-hydrogen) atoms. The van der Waals surface area contributed by atoms with Crippen molar-refractivity contribution in [3.05, 3.63) is 71.1 Å². The van der Waals surface area contributed by atoms with E-state index in [2.05, 4.69) is 15.3 Å². The van der Waals surface area contributed by atoms with E-state index in [0.717, 1.165) is 12.3 Å². The van der Waals surface area contributed by atoms with Gasteiger partial charge in [-0.25, -0.2) is 27.2 Å². The summed E-state index contributed by atoms with van der Waals surface area (Å²) in [5.41, 5.74) is 5.60. The number of nitrogens with one attached hydrogen (secondary N) is 1. The molecule has 0 unspecified atom stereocenters. The zero-order valence-electron chi connectivity index (χ0n) is 18.9. The third-order valence-corrected chi connectivity index (χ3v) is 6.94. The molecule has 0 radical (unpaired) electrons. The molecule has 2 aromatic carbocycles. The third kappa shape index (κ3) is 5.30. The van der Waals surface area contributed by atoms with Crippen molar-refractivity contribution in [1.82, 2.24) is 15.3 Å². The van der Waals surface area contributed by atoms with Crippen molar-refractivity contribution in [3.8, 4) is 11.3 Å². The van der Waals surface area contributed by atoms with Gasteiger partial charge in [0.05, 0.1) is 22.3 Å². The maximum atomic E-state index is 15.4. The smallest absolute Gasteiger partial charge is 0.251 e. The van der Waals surface area contributed by atoms with Crippen LogP contribution in [0.1, 0.15) is 40.4 Å². The average Bonchev–Trinajstić information content (AvgIpc) is 2.85. The number of sulfone groups is 1. The molecule has 1 aromatic heterocycles. The largest absolute Gasteiger partial charge is 0.382 e. The van der Waals surface area contributed by atoms with Gasteiger partial charge in [0.15, 0.2) is 21.5 Å². The van der Waals surface area contributed by atoms with Gasteiger partial charge in [-0.05, 0) is 31.0 Å². The predicted molar refractivity (Wildman–Crippen MR) is 125 cm³/mol. The van der Waals surface area contributed by atoms with Crippen LogP contribution in [0.25, 0.3) is 11.3 Å². The van der Waals surface area contributed by atoms with Crippen molar-refractivity contribution < 1.29 is 26.7 Å². The molecule has 3 N–H and O–H groups in total. The second kappa shape index (κ2) is 10.0. The number of carbonyl (C=O) groups excluding carboxylic acids is 1. The molecule has 0 atom stereocenters. The fourth-order valence-electron chi connectivity index (χ4n) is 3.95. The van der Waals surface area contributed by atoms with Crippen molar-refractivity contribution in [2.24, 2.45) is 0 Å². The molecule has 1 fully saturated rings. The standard InChI is InChI=1S/C24H24F2N4O4S/c1-35(32,33)18-11-16(12-29-24(31)15-5-3-2-4-6-15)20(25)21(26)19(18)22-23(27)28-13-17(30-22)14-7-9-34-10-8-14/h2-6,11,13-14H,7-10,12H2,1H3,(H2,27,28)(H,29,31). The van der Waals surface area contributed by atoms with E-state index >= 15 is 8.78 Å². The number of nitrogen functional groups attached to an aromatic ring is 1. The highest BCUT2D eigenvalue weighted by Gasteiger charge is 2.29. The number of rotatable bonds is 6. The van der Waals surface area contributed by atoms with E-state index in [1.807, 2.05) is 0 Å². The normalized spacial score (nSPS) is 14.6. The van der Waals surface area contributed by atoms with Crippen LogP contribution in [0.4, 0.5) is 14.6 Å². The zero-order chi connectivity index (χ0) is 25.2. The van der Waals surface area contributed by atoms with Crippen LogP contribution in [-0.2, 0) is 21.1 Å². The molecule has 8 nitrogen and oxygen atoms in total. The lowest BCUT2D eigenvalue weighted by molar-refractivity contribution is 0.0844. The van der Waals surface area contributed by atoms with Crippen LogP contribution < -0.4 is 11.1 Å². The van der Waals surface area contributed by atoms with Gasteiger partial charge in [-0.2, -0.15) is 0 Å². The van der Waals surface area contributed by atoms with Crippen LogP contribution in [0.15, 0.2) is 47.5 Å². The highest BCUT2D eigenvalue weighted by molar-refractivity contribution is 7.90. The number of halogens is 2. The van der Waals surface area contributed by atoms with E-state index in [0.29, 0.717) is 37.3 Å². The lowest BCUT2D eigenvalue weighted by atomic mass is 9.96. The summed E-state index contributed by atoms with van der Waals surface area (Å²) in [5, 5.41) is 2.48. The molecule has 184 valence electrons. The van der Waals surface area contributed by atoms with Crippen molar-refractivity contribution in [2.45, 2.75) is 30.2 Å². The van der Waals surface area contributed by atoms with Crippen LogP contribution in [-0.4, -0.2) is 43.8 Å². The van der Waals surface area contributed by atoms with Crippen LogP contribution in [0, 0.1) is 11.6 Å². The summed E-state index contributed by atoms with van der Waals surface area (Å²) in [7, 11) is -4.05. The Hall–Kier alpha value is -3.44. The molecule has 0 aliphatic carbocycles. The average molecular weight is 503 g/mol. The number of hydrogen-bond acceptors (Lipinski definition) is 7. The Bertz CT molecular complexity index is 1360. The Morgan fingerprint density at radius 1 is 1.17 bits per heavy atom. The maximum Gasteiger partial charge on any atom is 0.251 e. The molecule has 0 saturated carbocycles. The number of anilines is 1. The number of benzene rings is 2. The maximum absolute atomic E-state index is 15.4. The van der Waals surface area contributed by atoms with Crippen molar-refractivity contribution in [1.29, 1.82) is 0 Å². The fourth-order valence-corrected chi connectivity index (χ4v) is 4.86. The van der Waals surface area contributed by atoms with Crippen molar-refractivity contribution in [3.63, 3.8) is 0 Å². The summed E-state index contributed by atoms with van der Waals surface area (Å²) in [6.07, 6.45) is 3.65. The second-order valence-electron chi connectivity index (χ2n) is 8.27. The Labute approximate surface area is 201 Å². The van der Waals surface area contributed by atoms with Crippen molar-refractivity contribution >= 4 is 21.6 Å². The van der Waals surface area contributed by atoms with Crippen LogP contribution in [0.3, 0.4) is 0 Å². The molecule has 1 aliphatic rings. The first-order valence-electron chi connectivity index (χ1n) is 10.9. The molecule has 1 saturated heterocycles. The van der Waals surface area contributed by atoms with E-state index in [-0.39, 0.29) is 23.0 Å². The minimum Gasteiger partial charge on any atom is -0.382 e. The Morgan fingerprint density at radius 2 is 1.86 bits per heavy atom. The summed E-state index contributed by atoms with van der Waals surface area (Å²) < 4.78 is 61.2. The molecule has 4 rings (SSSR count). The van der Waals surface area contributed by atoms with Crippen LogP contribution >= 0.6 is 0 Å². The zero-order valence-corrected chi connectivity index (χ0v) is 19.7. The van der Waals surface area contributed by atoms with Gasteiger partial charge in [0, 0.05) is 43.1 Å². The topological polar surface area (TPSA) is 124 Å². The third-order valence-electron chi connectivity index (χ3n) is 5.82. The Balaban J connectivity index is 1.76. The van der Waals surface area contributed by atoms with Gasteiger partial charge in [-0.3, -0.25) is 4.79 Å². The number of hydrogen-bond donors (Lipinski definition) is 2. The molecular weight excluding hydrogens is 478 g/mol. The lowest BCUT2D eigenvalue weighted by Gasteiger charge is -2.22. The molecule has 11 heteroatoms. The monoisotopic (exact) mass is 502 g/mol. The number of nitrogens with two attached hydrogens (primary N) is 1. The minimum absolute atomic E-state index is 0.0299. The number of amides is 1. The molecule has 0 bridgehead atoms. The lowest BCUT2D eigenvalue weighted by Crippen LogP contribution is -2.24. The summed E-state index contributed by atoms with van der Waals surface area (Å²) in [5.74, 6) is -3.51. The van der Waals surface area contributed by atoms with Gasteiger partial charge in [-0.1, -0.05) is 18.2 Å². The molecular formula is C24H24F2N4O4S. The van der Waals surface area contributed by atoms with Gasteiger partial charge >= 0.3 is 0 Å². The van der Waals surface area contributed by atoms with E-state index in [1.165, 1.54) is 6.20 Å². The van der Waals surface area contributed by atoms with Gasteiger partial charge in [-0.15, -0.1) is 0 Å². The van der Waals surface area contributed by atoms with E-state index in [1.54, 1.807) is 30.3 Å². The molecule has 1 aliphatic heterocycles. The number of ether oxygens (including phenoxy) is 1. The number of aromatic nitrogens is 2. The molecule has 3 aromatic rings. The molecule has 2 heterocycles. The van der Waals surface area contributed by atoms with E-state index < -0.39 is 44.4 Å². The minimum atomic E-state index is -4.05. The quantitative estimate of drug-likeness (QED) is 0.496. The van der Waals surface area contributed by atoms with E-state index in [9.17, 15) is 13.2 Å². The summed E-state index contributed by atoms with van der Waals surface area (Å²) >= 11 is 0. The highest BCUT2D eigenvalue weighted by Crippen LogP contribution is 2.36. The van der Waals surface area contributed by atoms with Gasteiger partial charge in [0.25, 0.3) is 5.91 Å². The van der Waals surface area contributed by atoms with Crippen LogP contribution in [0.2, 0.25) is 0 Å². The second-order valence-corrected chi connectivity index (χ2v) is 10.3. The van der Waals surface area contributed by atoms with E-state index in [4.69, 9.17) is 10.5 Å². The van der Waals surface area contributed by atoms with Crippen molar-refractivity contribution in [2.75, 3.05) is 25.2 Å². The first kappa shape index (κ1) is 24.7. The van der Waals surface area contributed by atoms with Gasteiger partial charge in [0.1, 0.15) is 11.5 Å². The summed E-state index contributed by atoms with van der Waals surface area (Å²) in [6.45, 7) is 0.614. The van der Waals surface area contributed by atoms with Gasteiger partial charge in [0.2, 0.25) is 0 Å². The van der Waals surface area contributed by atoms with Crippen LogP contribution in [0.5, 0.6) is 0 Å². The SMILES string of the molecule is CS(=O)(=O)c1cc(CNC(=O)c2ccccc2)c(F)c(F)c1-c1nc(C2CCOCC2)cnc1N. The number of nitrogens with zero attached hydrogens (tertiary/aromatic N) is 2. The summed E-state index contributed by atoms with van der Waals surface area (Å²) in [4.78, 5) is 20.3. The first-order chi connectivity index (χ1) is 16.7. The predicted octanol–water partition coefficient (Wildman–Crippen LogP) is 3.23. The number of carbonyl (C=O) groups is 1. The highest BCUT2D eigenvalue weighted by atomic mass is 32.2. The van der Waals surface area contributed by atoms with Gasteiger partial charge < -0.3 is 15.8 Å². The summed E-state index contributed by atoms with van der Waals surface area (Å²) in [6, 6.07) is 9.16. The fraction of sp³-hybridized carbons (Fsp3) is 0.292. The Kier molecular flexibility index (Phi) is 7.08. The Morgan fingerprint density at radius 3 is 2.51 bits per heavy atom. The molecule has 0 spiro atoms.